The maximum absolute atomic E-state index is 12.4. The number of esters is 2. The van der Waals surface area contributed by atoms with Gasteiger partial charge in [0.1, 0.15) is 23.0 Å². The summed E-state index contributed by atoms with van der Waals surface area (Å²) in [5.41, 5.74) is 6.06. The van der Waals surface area contributed by atoms with E-state index in [2.05, 4.69) is 0 Å². The van der Waals surface area contributed by atoms with Crippen molar-refractivity contribution in [3.63, 3.8) is 0 Å². The van der Waals surface area contributed by atoms with Crippen molar-refractivity contribution >= 4 is 23.9 Å². The fraction of sp³-hybridized carbons (Fsp3) is 0.130. The summed E-state index contributed by atoms with van der Waals surface area (Å²) in [6.07, 6.45) is 0. The zero-order valence-electron chi connectivity index (χ0n) is 31.9. The number of benzene rings is 6. The SMILES string of the molecule is Cc1cc(O)c(C)c(C)c1O.Cc1cc(OC(=O)c2ccccc2)c(C)c(C)c1OC(=O)c1ccccc1.O=C(O)c1ccccc1.O=C(O)c1ccccc1. The van der Waals surface area contributed by atoms with E-state index in [0.717, 1.165) is 27.8 Å². The first-order chi connectivity index (χ1) is 26.6. The van der Waals surface area contributed by atoms with Crippen molar-refractivity contribution in [2.75, 3.05) is 0 Å². The number of aromatic carboxylic acids is 2. The Hall–Kier alpha value is -7.20. The highest BCUT2D eigenvalue weighted by atomic mass is 16.5. The van der Waals surface area contributed by atoms with Gasteiger partial charge in [-0.15, -0.1) is 0 Å². The molecule has 0 atom stereocenters. The molecule has 288 valence electrons. The molecular formula is C46H44O10. The summed E-state index contributed by atoms with van der Waals surface area (Å²) in [7, 11) is 0. The molecule has 0 saturated heterocycles. The van der Waals surface area contributed by atoms with Crippen molar-refractivity contribution in [1.29, 1.82) is 0 Å². The van der Waals surface area contributed by atoms with Crippen LogP contribution in [0.3, 0.4) is 0 Å². The lowest BCUT2D eigenvalue weighted by Gasteiger charge is -2.16. The highest BCUT2D eigenvalue weighted by molar-refractivity contribution is 5.92. The molecule has 6 aromatic rings. The minimum Gasteiger partial charge on any atom is -0.508 e. The highest BCUT2D eigenvalue weighted by Gasteiger charge is 2.19. The Kier molecular flexibility index (Phi) is 16.1. The summed E-state index contributed by atoms with van der Waals surface area (Å²) >= 11 is 0. The van der Waals surface area contributed by atoms with Crippen LogP contribution in [0.5, 0.6) is 23.0 Å². The van der Waals surface area contributed by atoms with E-state index >= 15 is 0 Å². The Balaban J connectivity index is 0.000000236. The molecule has 0 aliphatic rings. The third kappa shape index (κ3) is 12.4. The average Bonchev–Trinajstić information content (AvgIpc) is 3.21. The number of aryl methyl sites for hydroxylation is 2. The lowest BCUT2D eigenvalue weighted by molar-refractivity contribution is 0.0686. The average molecular weight is 757 g/mol. The summed E-state index contributed by atoms with van der Waals surface area (Å²) in [6.45, 7) is 10.8. The van der Waals surface area contributed by atoms with Crippen LogP contribution >= 0.6 is 0 Å². The Bertz CT molecular complexity index is 2180. The minimum atomic E-state index is -0.879. The van der Waals surface area contributed by atoms with E-state index in [0.29, 0.717) is 39.3 Å². The van der Waals surface area contributed by atoms with Gasteiger partial charge in [0.05, 0.1) is 22.3 Å². The number of hydrogen-bond acceptors (Lipinski definition) is 8. The molecule has 4 N–H and O–H groups in total. The monoisotopic (exact) mass is 756 g/mol. The van der Waals surface area contributed by atoms with Crippen molar-refractivity contribution in [3.8, 4) is 23.0 Å². The summed E-state index contributed by atoms with van der Waals surface area (Å²) in [6, 6.07) is 37.5. The molecule has 0 saturated carbocycles. The number of hydrogen-bond donors (Lipinski definition) is 4. The zero-order valence-corrected chi connectivity index (χ0v) is 31.9. The number of phenolic OH excluding ortho intramolecular Hbond substituents is 2. The number of carboxylic acids is 2. The summed E-state index contributed by atoms with van der Waals surface area (Å²) < 4.78 is 11.2. The van der Waals surface area contributed by atoms with Gasteiger partial charge in [-0.05, 0) is 136 Å². The number of phenols is 2. The molecule has 56 heavy (non-hydrogen) atoms. The first kappa shape index (κ1) is 43.2. The van der Waals surface area contributed by atoms with Gasteiger partial charge in [-0.2, -0.15) is 0 Å². The number of carbonyl (C=O) groups excluding carboxylic acids is 2. The maximum atomic E-state index is 12.4. The molecule has 0 aliphatic heterocycles. The molecule has 10 heteroatoms. The van der Waals surface area contributed by atoms with Crippen molar-refractivity contribution in [2.45, 2.75) is 41.5 Å². The second kappa shape index (κ2) is 20.9. The molecule has 0 spiro atoms. The number of carbonyl (C=O) groups is 4. The summed E-state index contributed by atoms with van der Waals surface area (Å²) in [5, 5.41) is 35.5. The van der Waals surface area contributed by atoms with Crippen molar-refractivity contribution < 1.29 is 49.1 Å². The van der Waals surface area contributed by atoms with Crippen LogP contribution in [-0.4, -0.2) is 44.3 Å². The van der Waals surface area contributed by atoms with E-state index in [1.54, 1.807) is 142 Å². The molecule has 0 aromatic heterocycles. The van der Waals surface area contributed by atoms with Crippen molar-refractivity contribution in [2.24, 2.45) is 0 Å². The first-order valence-corrected chi connectivity index (χ1v) is 17.3. The van der Waals surface area contributed by atoms with E-state index in [-0.39, 0.29) is 11.5 Å². The van der Waals surface area contributed by atoms with Crippen molar-refractivity contribution in [1.82, 2.24) is 0 Å². The van der Waals surface area contributed by atoms with E-state index in [1.807, 2.05) is 32.9 Å². The van der Waals surface area contributed by atoms with E-state index < -0.39 is 23.9 Å². The van der Waals surface area contributed by atoms with E-state index in [4.69, 9.17) is 19.7 Å². The van der Waals surface area contributed by atoms with E-state index in [9.17, 15) is 29.4 Å². The standard InChI is InChI=1S/C23H20O4.C9H12O2.2C7H6O2/c1-15-14-20(26-22(24)18-10-6-4-7-11-18)16(2)17(3)21(15)27-23(25)19-12-8-5-9-13-19;1-5-4-8(10)6(2)7(3)9(5)11;2*8-7(9)6-4-2-1-3-5-6/h4-14H,1-3H3;4,10-11H,1-3H3;2*1-5H,(H,8,9). The third-order valence-corrected chi connectivity index (χ3v) is 8.46. The van der Waals surface area contributed by atoms with Crippen LogP contribution in [0, 0.1) is 41.5 Å². The number of ether oxygens (including phenoxy) is 2. The van der Waals surface area contributed by atoms with Gasteiger partial charge in [-0.1, -0.05) is 72.8 Å². The van der Waals surface area contributed by atoms with Gasteiger partial charge in [-0.3, -0.25) is 0 Å². The number of aromatic hydroxyl groups is 2. The van der Waals surface area contributed by atoms with Crippen LogP contribution in [0.4, 0.5) is 0 Å². The molecule has 0 radical (unpaired) electrons. The second-order valence-electron chi connectivity index (χ2n) is 12.4. The second-order valence-corrected chi connectivity index (χ2v) is 12.4. The Morgan fingerprint density at radius 1 is 0.429 bits per heavy atom. The largest absolute Gasteiger partial charge is 0.508 e. The molecule has 0 heterocycles. The van der Waals surface area contributed by atoms with Gasteiger partial charge >= 0.3 is 23.9 Å². The Morgan fingerprint density at radius 2 is 0.804 bits per heavy atom. The van der Waals surface area contributed by atoms with Crippen LogP contribution in [0.1, 0.15) is 74.8 Å². The van der Waals surface area contributed by atoms with Crippen molar-refractivity contribution in [3.05, 3.63) is 189 Å². The molecule has 0 bridgehead atoms. The summed E-state index contributed by atoms with van der Waals surface area (Å²) in [4.78, 5) is 45.1. The maximum Gasteiger partial charge on any atom is 0.343 e. The van der Waals surface area contributed by atoms with Gasteiger partial charge in [0.15, 0.2) is 0 Å². The van der Waals surface area contributed by atoms with Crippen LogP contribution in [0.15, 0.2) is 133 Å². The third-order valence-electron chi connectivity index (χ3n) is 8.46. The van der Waals surface area contributed by atoms with Gasteiger partial charge in [0.25, 0.3) is 0 Å². The van der Waals surface area contributed by atoms with Gasteiger partial charge in [0.2, 0.25) is 0 Å². The van der Waals surface area contributed by atoms with Gasteiger partial charge in [-0.25, -0.2) is 19.2 Å². The first-order valence-electron chi connectivity index (χ1n) is 17.3. The fourth-order valence-corrected chi connectivity index (χ4v) is 4.95. The molecule has 0 aliphatic carbocycles. The molecular weight excluding hydrogens is 712 g/mol. The van der Waals surface area contributed by atoms with Crippen LogP contribution in [-0.2, 0) is 0 Å². The lowest BCUT2D eigenvalue weighted by atomic mass is 10.0. The van der Waals surface area contributed by atoms with E-state index in [1.165, 1.54) is 0 Å². The molecule has 6 aromatic carbocycles. The number of carboxylic acid groups (broad SMARTS) is 2. The predicted octanol–water partition coefficient (Wildman–Crippen LogP) is 9.84. The molecule has 6 rings (SSSR count). The quantitative estimate of drug-likeness (QED) is 0.0729. The molecule has 10 nitrogen and oxygen atoms in total. The summed E-state index contributed by atoms with van der Waals surface area (Å²) in [5.74, 6) is -1.13. The Morgan fingerprint density at radius 3 is 1.18 bits per heavy atom. The van der Waals surface area contributed by atoms with Gasteiger partial charge < -0.3 is 29.9 Å². The lowest BCUT2D eigenvalue weighted by Crippen LogP contribution is -2.13. The van der Waals surface area contributed by atoms with Gasteiger partial charge in [0, 0.05) is 0 Å². The number of rotatable bonds is 6. The fourth-order valence-electron chi connectivity index (χ4n) is 4.95. The topological polar surface area (TPSA) is 168 Å². The predicted molar refractivity (Wildman–Crippen MR) is 214 cm³/mol. The zero-order chi connectivity index (χ0) is 41.4. The normalized spacial score (nSPS) is 9.82. The molecule has 0 fully saturated rings. The smallest absolute Gasteiger partial charge is 0.343 e. The minimum absolute atomic E-state index is 0.248. The van der Waals surface area contributed by atoms with Crippen LogP contribution < -0.4 is 9.47 Å². The van der Waals surface area contributed by atoms with Crippen LogP contribution in [0.25, 0.3) is 0 Å². The molecule has 0 amide bonds. The Labute approximate surface area is 325 Å². The molecule has 0 unspecified atom stereocenters. The highest BCUT2D eigenvalue weighted by Crippen LogP contribution is 2.34. The van der Waals surface area contributed by atoms with Crippen LogP contribution in [0.2, 0.25) is 0 Å².